The van der Waals surface area contributed by atoms with Crippen LogP contribution in [0.4, 0.5) is 8.78 Å². The van der Waals surface area contributed by atoms with E-state index < -0.39 is 23.4 Å². The lowest BCUT2D eigenvalue weighted by atomic mass is 10.1. The normalized spacial score (nSPS) is 14.0. The Kier molecular flexibility index (Phi) is 3.62. The zero-order valence-electron chi connectivity index (χ0n) is 11.0. The van der Waals surface area contributed by atoms with E-state index in [1.54, 1.807) is 18.2 Å². The number of para-hydroxylation sites is 1. The molecule has 0 aliphatic carbocycles. The minimum atomic E-state index is -0.757. The molecule has 0 bridgehead atoms. The van der Waals surface area contributed by atoms with Gasteiger partial charge in [-0.3, -0.25) is 0 Å². The Bertz CT molecular complexity index is 643. The predicted octanol–water partition coefficient (Wildman–Crippen LogP) is 2.77. The van der Waals surface area contributed by atoms with Gasteiger partial charge in [-0.15, -0.1) is 0 Å². The molecule has 3 rings (SSSR count). The van der Waals surface area contributed by atoms with Crippen LogP contribution in [0.15, 0.2) is 36.4 Å². The van der Waals surface area contributed by atoms with Crippen molar-refractivity contribution < 1.29 is 23.0 Å². The van der Waals surface area contributed by atoms with Crippen molar-refractivity contribution in [2.24, 2.45) is 5.73 Å². The summed E-state index contributed by atoms with van der Waals surface area (Å²) in [7, 11) is 0. The maximum Gasteiger partial charge on any atom is 0.231 e. The smallest absolute Gasteiger partial charge is 0.231 e. The van der Waals surface area contributed by atoms with Gasteiger partial charge >= 0.3 is 0 Å². The third-order valence-corrected chi connectivity index (χ3v) is 3.15. The highest BCUT2D eigenvalue weighted by atomic mass is 19.1. The fourth-order valence-corrected chi connectivity index (χ4v) is 2.03. The van der Waals surface area contributed by atoms with Crippen molar-refractivity contribution in [3.63, 3.8) is 0 Å². The second-order valence-electron chi connectivity index (χ2n) is 4.58. The van der Waals surface area contributed by atoms with Gasteiger partial charge < -0.3 is 19.9 Å². The number of halogens is 2. The van der Waals surface area contributed by atoms with Crippen molar-refractivity contribution in [2.75, 3.05) is 13.4 Å². The van der Waals surface area contributed by atoms with Crippen LogP contribution in [0.25, 0.3) is 0 Å². The SMILES string of the molecule is NC(COc1c(F)cccc1F)c1ccc2c(c1)OCO2. The van der Waals surface area contributed by atoms with Crippen LogP contribution in [0.2, 0.25) is 0 Å². The Hall–Kier alpha value is -2.34. The van der Waals surface area contributed by atoms with Crippen LogP contribution < -0.4 is 19.9 Å². The number of benzene rings is 2. The number of hydrogen-bond donors (Lipinski definition) is 1. The molecule has 0 saturated carbocycles. The highest BCUT2D eigenvalue weighted by Crippen LogP contribution is 2.34. The third-order valence-electron chi connectivity index (χ3n) is 3.15. The van der Waals surface area contributed by atoms with Crippen LogP contribution >= 0.6 is 0 Å². The molecule has 1 aliphatic heterocycles. The molecule has 4 nitrogen and oxygen atoms in total. The molecule has 0 saturated heterocycles. The molecule has 1 aliphatic rings. The van der Waals surface area contributed by atoms with Gasteiger partial charge in [-0.2, -0.15) is 0 Å². The molecule has 0 radical (unpaired) electrons. The van der Waals surface area contributed by atoms with Crippen molar-refractivity contribution >= 4 is 0 Å². The largest absolute Gasteiger partial charge is 0.486 e. The molecule has 110 valence electrons. The zero-order chi connectivity index (χ0) is 14.8. The average Bonchev–Trinajstić information content (AvgIpc) is 2.93. The number of rotatable bonds is 4. The second kappa shape index (κ2) is 5.57. The Morgan fingerprint density at radius 3 is 2.57 bits per heavy atom. The van der Waals surface area contributed by atoms with Crippen LogP contribution in [0.1, 0.15) is 11.6 Å². The second-order valence-corrected chi connectivity index (χ2v) is 4.58. The molecule has 6 heteroatoms. The first-order chi connectivity index (χ1) is 10.1. The molecule has 0 spiro atoms. The van der Waals surface area contributed by atoms with E-state index in [1.165, 1.54) is 6.07 Å². The van der Waals surface area contributed by atoms with E-state index in [-0.39, 0.29) is 13.4 Å². The number of ether oxygens (including phenoxy) is 3. The van der Waals surface area contributed by atoms with Gasteiger partial charge in [0.1, 0.15) is 6.61 Å². The van der Waals surface area contributed by atoms with Crippen LogP contribution in [0.5, 0.6) is 17.2 Å². The Balaban J connectivity index is 1.70. The molecular formula is C15H13F2NO3. The Morgan fingerprint density at radius 2 is 1.81 bits per heavy atom. The maximum atomic E-state index is 13.4. The molecule has 0 amide bonds. The maximum absolute atomic E-state index is 13.4. The van der Waals surface area contributed by atoms with E-state index in [4.69, 9.17) is 19.9 Å². The van der Waals surface area contributed by atoms with Gasteiger partial charge in [0.25, 0.3) is 0 Å². The van der Waals surface area contributed by atoms with Crippen molar-refractivity contribution in [2.45, 2.75) is 6.04 Å². The molecule has 1 heterocycles. The van der Waals surface area contributed by atoms with Crippen molar-refractivity contribution in [1.29, 1.82) is 0 Å². The molecule has 2 aromatic rings. The summed E-state index contributed by atoms with van der Waals surface area (Å²) in [5.74, 6) is -0.693. The first-order valence-corrected chi connectivity index (χ1v) is 6.37. The van der Waals surface area contributed by atoms with E-state index in [9.17, 15) is 8.78 Å². The van der Waals surface area contributed by atoms with E-state index >= 15 is 0 Å². The summed E-state index contributed by atoms with van der Waals surface area (Å²) in [6.07, 6.45) is 0. The number of nitrogens with two attached hydrogens (primary N) is 1. The summed E-state index contributed by atoms with van der Waals surface area (Å²) >= 11 is 0. The molecule has 1 atom stereocenters. The summed E-state index contributed by atoms with van der Waals surface area (Å²) in [6, 6.07) is 8.22. The van der Waals surface area contributed by atoms with Gasteiger partial charge in [0.2, 0.25) is 6.79 Å². The lowest BCUT2D eigenvalue weighted by molar-refractivity contribution is 0.174. The lowest BCUT2D eigenvalue weighted by Gasteiger charge is -2.14. The first kappa shape index (κ1) is 13.6. The molecular weight excluding hydrogens is 280 g/mol. The van der Waals surface area contributed by atoms with Gasteiger partial charge in [0, 0.05) is 0 Å². The standard InChI is InChI=1S/C15H13F2NO3/c16-10-2-1-3-11(17)15(10)19-7-12(18)9-4-5-13-14(6-9)21-8-20-13/h1-6,12H,7-8,18H2. The molecule has 2 aromatic carbocycles. The van der Waals surface area contributed by atoms with Crippen molar-refractivity contribution in [3.05, 3.63) is 53.6 Å². The van der Waals surface area contributed by atoms with Crippen LogP contribution in [0.3, 0.4) is 0 Å². The fourth-order valence-electron chi connectivity index (χ4n) is 2.03. The summed E-state index contributed by atoms with van der Waals surface area (Å²) in [6.45, 7) is 0.114. The Morgan fingerprint density at radius 1 is 1.10 bits per heavy atom. The van der Waals surface area contributed by atoms with Crippen LogP contribution in [-0.2, 0) is 0 Å². The predicted molar refractivity (Wildman–Crippen MR) is 71.3 cm³/mol. The molecule has 1 unspecified atom stereocenters. The first-order valence-electron chi connectivity index (χ1n) is 6.37. The minimum absolute atomic E-state index is 0.0580. The monoisotopic (exact) mass is 293 g/mol. The zero-order valence-corrected chi connectivity index (χ0v) is 11.0. The highest BCUT2D eigenvalue weighted by molar-refractivity contribution is 5.45. The molecule has 21 heavy (non-hydrogen) atoms. The summed E-state index contributed by atoms with van der Waals surface area (Å²) in [4.78, 5) is 0. The van der Waals surface area contributed by atoms with Gasteiger partial charge in [-0.1, -0.05) is 12.1 Å². The lowest BCUT2D eigenvalue weighted by Crippen LogP contribution is -2.19. The molecule has 0 aromatic heterocycles. The quantitative estimate of drug-likeness (QED) is 0.941. The minimum Gasteiger partial charge on any atom is -0.486 e. The third kappa shape index (κ3) is 2.75. The van der Waals surface area contributed by atoms with Crippen molar-refractivity contribution in [3.8, 4) is 17.2 Å². The van der Waals surface area contributed by atoms with E-state index in [0.717, 1.165) is 17.7 Å². The van der Waals surface area contributed by atoms with Gasteiger partial charge in [0.05, 0.1) is 6.04 Å². The highest BCUT2D eigenvalue weighted by Gasteiger charge is 2.17. The number of fused-ring (bicyclic) bond motifs is 1. The van der Waals surface area contributed by atoms with Gasteiger partial charge in [0.15, 0.2) is 28.9 Å². The van der Waals surface area contributed by atoms with E-state index in [0.29, 0.717) is 11.5 Å². The summed E-state index contributed by atoms with van der Waals surface area (Å²) in [5, 5.41) is 0. The van der Waals surface area contributed by atoms with Gasteiger partial charge in [-0.05, 0) is 29.8 Å². The number of hydrogen-bond acceptors (Lipinski definition) is 4. The van der Waals surface area contributed by atoms with Crippen LogP contribution in [0, 0.1) is 11.6 Å². The summed E-state index contributed by atoms with van der Waals surface area (Å²) in [5.41, 5.74) is 6.70. The Labute approximate surface area is 120 Å². The molecule has 0 fully saturated rings. The van der Waals surface area contributed by atoms with Crippen LogP contribution in [-0.4, -0.2) is 13.4 Å². The van der Waals surface area contributed by atoms with Crippen molar-refractivity contribution in [1.82, 2.24) is 0 Å². The van der Waals surface area contributed by atoms with Gasteiger partial charge in [-0.25, -0.2) is 8.78 Å². The summed E-state index contributed by atoms with van der Waals surface area (Å²) < 4.78 is 42.5. The molecule has 2 N–H and O–H groups in total. The van der Waals surface area contributed by atoms with E-state index in [2.05, 4.69) is 0 Å². The topological polar surface area (TPSA) is 53.7 Å². The fraction of sp³-hybridized carbons (Fsp3) is 0.200. The van der Waals surface area contributed by atoms with E-state index in [1.807, 2.05) is 0 Å². The average molecular weight is 293 g/mol.